The Hall–Kier alpha value is -4.24. The van der Waals surface area contributed by atoms with E-state index in [-0.39, 0.29) is 5.78 Å². The molecule has 35 heavy (non-hydrogen) atoms. The highest BCUT2D eigenvalue weighted by atomic mass is 16.1. The van der Waals surface area contributed by atoms with Crippen molar-refractivity contribution in [3.8, 4) is 11.5 Å². The van der Waals surface area contributed by atoms with Gasteiger partial charge in [0.15, 0.2) is 11.6 Å². The fraction of sp³-hybridized carbons (Fsp3) is 0.231. The van der Waals surface area contributed by atoms with E-state index in [1.807, 2.05) is 48.5 Å². The third-order valence-electron chi connectivity index (χ3n) is 5.83. The summed E-state index contributed by atoms with van der Waals surface area (Å²) >= 11 is 0. The zero-order chi connectivity index (χ0) is 24.0. The van der Waals surface area contributed by atoms with Crippen LogP contribution in [0.4, 0.5) is 17.7 Å². The lowest BCUT2D eigenvalue weighted by Crippen LogP contribution is -2.45. The number of Topliss-reactive ketones (excluding diaryl/α,β-unsaturated/α-hetero) is 1. The number of carbonyl (C=O) groups is 1. The molecule has 9 nitrogen and oxygen atoms in total. The van der Waals surface area contributed by atoms with Crippen molar-refractivity contribution in [1.82, 2.24) is 29.8 Å². The topological polar surface area (TPSA) is 100 Å². The van der Waals surface area contributed by atoms with Crippen LogP contribution in [0.5, 0.6) is 0 Å². The van der Waals surface area contributed by atoms with Crippen LogP contribution >= 0.6 is 0 Å². The molecule has 0 radical (unpaired) electrons. The van der Waals surface area contributed by atoms with E-state index < -0.39 is 0 Å². The maximum absolute atomic E-state index is 12.8. The van der Waals surface area contributed by atoms with Crippen LogP contribution < -0.4 is 10.2 Å². The molecule has 0 atom stereocenters. The van der Waals surface area contributed by atoms with Crippen molar-refractivity contribution in [2.45, 2.75) is 6.42 Å². The first-order chi connectivity index (χ1) is 17.1. The average molecular weight is 467 g/mol. The van der Waals surface area contributed by atoms with Gasteiger partial charge in [-0.2, -0.15) is 15.0 Å². The standard InChI is InChI=1S/C26H26N8O/c1-33-13-15-34(16-14-33)26-31-24(21-9-5-6-11-27-21)30-25(32-26)29-23-18-20(10-12-28-23)22(35)17-19-7-3-2-4-8-19/h2-12,18H,13-17H2,1H3,(H,28,29,30,31,32). The molecule has 9 heteroatoms. The number of aromatic nitrogens is 5. The lowest BCUT2D eigenvalue weighted by Gasteiger charge is -2.32. The van der Waals surface area contributed by atoms with Crippen LogP contribution in [0.3, 0.4) is 0 Å². The van der Waals surface area contributed by atoms with E-state index >= 15 is 0 Å². The smallest absolute Gasteiger partial charge is 0.233 e. The fourth-order valence-corrected chi connectivity index (χ4v) is 3.85. The second kappa shape index (κ2) is 10.4. The zero-order valence-electron chi connectivity index (χ0n) is 19.5. The second-order valence-corrected chi connectivity index (χ2v) is 8.43. The Kier molecular flexibility index (Phi) is 6.67. The van der Waals surface area contributed by atoms with Gasteiger partial charge in [0.1, 0.15) is 11.5 Å². The molecule has 1 aliphatic heterocycles. The molecular weight excluding hydrogens is 440 g/mol. The van der Waals surface area contributed by atoms with Crippen molar-refractivity contribution in [2.24, 2.45) is 0 Å². The predicted molar refractivity (Wildman–Crippen MR) is 135 cm³/mol. The number of nitrogens with zero attached hydrogens (tertiary/aromatic N) is 7. The molecular formula is C26H26N8O. The number of hydrogen-bond donors (Lipinski definition) is 1. The SMILES string of the molecule is CN1CCN(c2nc(Nc3cc(C(=O)Cc4ccccc4)ccn3)nc(-c3ccccn3)n2)CC1. The molecule has 1 saturated heterocycles. The van der Waals surface area contributed by atoms with E-state index in [1.54, 1.807) is 24.5 Å². The molecule has 176 valence electrons. The van der Waals surface area contributed by atoms with Gasteiger partial charge in [-0.3, -0.25) is 9.78 Å². The summed E-state index contributed by atoms with van der Waals surface area (Å²) in [6, 6.07) is 18.8. The third-order valence-corrected chi connectivity index (χ3v) is 5.83. The van der Waals surface area contributed by atoms with Crippen LogP contribution in [0.15, 0.2) is 73.1 Å². The van der Waals surface area contributed by atoms with Gasteiger partial charge in [0.25, 0.3) is 0 Å². The minimum absolute atomic E-state index is 0.0181. The normalized spacial score (nSPS) is 14.0. The first kappa shape index (κ1) is 22.5. The Morgan fingerprint density at radius 2 is 1.69 bits per heavy atom. The Morgan fingerprint density at radius 1 is 0.886 bits per heavy atom. The average Bonchev–Trinajstić information content (AvgIpc) is 2.90. The highest BCUT2D eigenvalue weighted by Crippen LogP contribution is 2.21. The highest BCUT2D eigenvalue weighted by Gasteiger charge is 2.20. The summed E-state index contributed by atoms with van der Waals surface area (Å²) in [6.07, 6.45) is 3.65. The predicted octanol–water partition coefficient (Wildman–Crippen LogP) is 3.25. The monoisotopic (exact) mass is 466 g/mol. The fourth-order valence-electron chi connectivity index (χ4n) is 3.85. The van der Waals surface area contributed by atoms with E-state index in [4.69, 9.17) is 4.98 Å². The van der Waals surface area contributed by atoms with E-state index in [0.29, 0.717) is 41.2 Å². The van der Waals surface area contributed by atoms with Gasteiger partial charge in [-0.25, -0.2) is 4.98 Å². The van der Waals surface area contributed by atoms with Gasteiger partial charge in [-0.05, 0) is 36.9 Å². The summed E-state index contributed by atoms with van der Waals surface area (Å²) in [5, 5.41) is 3.17. The van der Waals surface area contributed by atoms with Crippen LogP contribution in [-0.4, -0.2) is 68.8 Å². The summed E-state index contributed by atoms with van der Waals surface area (Å²) in [7, 11) is 2.11. The minimum atomic E-state index is 0.0181. The number of rotatable bonds is 7. The molecule has 0 saturated carbocycles. The number of benzene rings is 1. The molecule has 0 spiro atoms. The molecule has 1 aliphatic rings. The van der Waals surface area contributed by atoms with Gasteiger partial charge in [-0.1, -0.05) is 36.4 Å². The number of pyridine rings is 2. The van der Waals surface area contributed by atoms with Crippen molar-refractivity contribution in [1.29, 1.82) is 0 Å². The Morgan fingerprint density at radius 3 is 2.46 bits per heavy atom. The number of carbonyl (C=O) groups excluding carboxylic acids is 1. The van der Waals surface area contributed by atoms with E-state index in [2.05, 4.69) is 42.1 Å². The Bertz CT molecular complexity index is 1290. The van der Waals surface area contributed by atoms with Gasteiger partial charge < -0.3 is 15.1 Å². The molecule has 4 heterocycles. The van der Waals surface area contributed by atoms with Crippen LogP contribution in [0.1, 0.15) is 15.9 Å². The van der Waals surface area contributed by atoms with Gasteiger partial charge in [0.05, 0.1) is 0 Å². The summed E-state index contributed by atoms with van der Waals surface area (Å²) in [5.74, 6) is 1.94. The lowest BCUT2D eigenvalue weighted by molar-refractivity contribution is 0.0993. The highest BCUT2D eigenvalue weighted by molar-refractivity contribution is 5.98. The van der Waals surface area contributed by atoms with Crippen molar-refractivity contribution in [3.63, 3.8) is 0 Å². The van der Waals surface area contributed by atoms with Gasteiger partial charge in [0, 0.05) is 50.6 Å². The molecule has 1 aromatic carbocycles. The first-order valence-corrected chi connectivity index (χ1v) is 11.6. The summed E-state index contributed by atoms with van der Waals surface area (Å²) in [5.41, 5.74) is 2.20. The van der Waals surface area contributed by atoms with Gasteiger partial charge in [-0.15, -0.1) is 0 Å². The Balaban J connectivity index is 1.41. The Labute approximate surface area is 203 Å². The summed E-state index contributed by atoms with van der Waals surface area (Å²) < 4.78 is 0. The van der Waals surface area contributed by atoms with Crippen molar-refractivity contribution < 1.29 is 4.79 Å². The van der Waals surface area contributed by atoms with Gasteiger partial charge >= 0.3 is 0 Å². The maximum Gasteiger partial charge on any atom is 0.233 e. The van der Waals surface area contributed by atoms with E-state index in [0.717, 1.165) is 31.7 Å². The summed E-state index contributed by atoms with van der Waals surface area (Å²) in [6.45, 7) is 3.51. The molecule has 0 amide bonds. The summed E-state index contributed by atoms with van der Waals surface area (Å²) in [4.78, 5) is 40.0. The molecule has 1 N–H and O–H groups in total. The van der Waals surface area contributed by atoms with Gasteiger partial charge in [0.2, 0.25) is 11.9 Å². The van der Waals surface area contributed by atoms with Crippen LogP contribution in [0.25, 0.3) is 11.5 Å². The molecule has 0 aliphatic carbocycles. The number of anilines is 3. The number of ketones is 1. The quantitative estimate of drug-likeness (QED) is 0.411. The third kappa shape index (κ3) is 5.64. The number of likely N-dealkylation sites (N-methyl/N-ethyl adjacent to an activating group) is 1. The van der Waals surface area contributed by atoms with E-state index in [1.165, 1.54) is 0 Å². The van der Waals surface area contributed by atoms with Crippen molar-refractivity contribution in [2.75, 3.05) is 43.4 Å². The molecule has 4 aromatic rings. The number of hydrogen-bond acceptors (Lipinski definition) is 9. The molecule has 5 rings (SSSR count). The first-order valence-electron chi connectivity index (χ1n) is 11.6. The lowest BCUT2D eigenvalue weighted by atomic mass is 10.0. The number of piperazine rings is 1. The molecule has 1 fully saturated rings. The van der Waals surface area contributed by atoms with Crippen LogP contribution in [0.2, 0.25) is 0 Å². The zero-order valence-corrected chi connectivity index (χ0v) is 19.5. The second-order valence-electron chi connectivity index (χ2n) is 8.43. The largest absolute Gasteiger partial charge is 0.338 e. The number of nitrogens with one attached hydrogen (secondary N) is 1. The maximum atomic E-state index is 12.8. The molecule has 3 aromatic heterocycles. The van der Waals surface area contributed by atoms with Crippen molar-refractivity contribution in [3.05, 3.63) is 84.2 Å². The van der Waals surface area contributed by atoms with Crippen LogP contribution in [0, 0.1) is 0 Å². The molecule has 0 unspecified atom stereocenters. The van der Waals surface area contributed by atoms with E-state index in [9.17, 15) is 4.79 Å². The van der Waals surface area contributed by atoms with Crippen LogP contribution in [-0.2, 0) is 6.42 Å². The minimum Gasteiger partial charge on any atom is -0.338 e. The molecule has 0 bridgehead atoms. The van der Waals surface area contributed by atoms with Crippen molar-refractivity contribution >= 4 is 23.5 Å².